The van der Waals surface area contributed by atoms with E-state index < -0.39 is 0 Å². The van der Waals surface area contributed by atoms with E-state index in [4.69, 9.17) is 23.2 Å². The minimum atomic E-state index is -0.242. The predicted octanol–water partition coefficient (Wildman–Crippen LogP) is 5.38. The highest BCUT2D eigenvalue weighted by molar-refractivity contribution is 6.31. The normalized spacial score (nSPS) is 10.2. The number of aromatic nitrogens is 1. The standard InChI is InChI=1S/C18H13Cl2N3O/c19-13-3-1-5-15(10-13)22-17-9-12(7-8-21-17)18(24)23-16-6-2-4-14(20)11-16/h1-11H,(H,21,22)(H,23,24). The summed E-state index contributed by atoms with van der Waals surface area (Å²) < 4.78 is 0. The molecule has 0 unspecified atom stereocenters. The maximum Gasteiger partial charge on any atom is 0.255 e. The molecule has 0 atom stereocenters. The van der Waals surface area contributed by atoms with E-state index in [1.165, 1.54) is 0 Å². The molecule has 2 aromatic carbocycles. The van der Waals surface area contributed by atoms with Crippen molar-refractivity contribution in [3.05, 3.63) is 82.5 Å². The van der Waals surface area contributed by atoms with E-state index in [2.05, 4.69) is 15.6 Å². The maximum atomic E-state index is 12.4. The molecule has 0 radical (unpaired) electrons. The molecule has 4 nitrogen and oxygen atoms in total. The van der Waals surface area contributed by atoms with E-state index in [1.807, 2.05) is 12.1 Å². The lowest BCUT2D eigenvalue weighted by Crippen LogP contribution is -2.12. The van der Waals surface area contributed by atoms with Gasteiger partial charge in [0.15, 0.2) is 0 Å². The summed E-state index contributed by atoms with van der Waals surface area (Å²) >= 11 is 11.9. The topological polar surface area (TPSA) is 54.0 Å². The summed E-state index contributed by atoms with van der Waals surface area (Å²) in [6.07, 6.45) is 1.57. The largest absolute Gasteiger partial charge is 0.340 e. The maximum absolute atomic E-state index is 12.4. The average Bonchev–Trinajstić information content (AvgIpc) is 2.55. The Kier molecular flexibility index (Phi) is 4.99. The third kappa shape index (κ3) is 4.25. The number of benzene rings is 2. The quantitative estimate of drug-likeness (QED) is 0.658. The summed E-state index contributed by atoms with van der Waals surface area (Å²) in [5.41, 5.74) is 1.91. The number of carbonyl (C=O) groups excluding carboxylic acids is 1. The third-order valence-corrected chi connectivity index (χ3v) is 3.67. The fourth-order valence-corrected chi connectivity index (χ4v) is 2.50. The number of amides is 1. The first-order valence-corrected chi connectivity index (χ1v) is 7.91. The molecule has 0 aliphatic rings. The van der Waals surface area contributed by atoms with Crippen LogP contribution in [-0.2, 0) is 0 Å². The van der Waals surface area contributed by atoms with Crippen LogP contribution < -0.4 is 10.6 Å². The fraction of sp³-hybridized carbons (Fsp3) is 0. The van der Waals surface area contributed by atoms with Crippen molar-refractivity contribution in [2.24, 2.45) is 0 Å². The first-order chi connectivity index (χ1) is 11.6. The zero-order valence-corrected chi connectivity index (χ0v) is 14.0. The molecule has 0 aliphatic carbocycles. The fourth-order valence-electron chi connectivity index (χ4n) is 2.12. The van der Waals surface area contributed by atoms with E-state index in [0.717, 1.165) is 5.69 Å². The molecule has 3 rings (SSSR count). The number of nitrogens with one attached hydrogen (secondary N) is 2. The van der Waals surface area contributed by atoms with Crippen LogP contribution in [0.3, 0.4) is 0 Å². The average molecular weight is 358 g/mol. The molecule has 0 aliphatic heterocycles. The number of hydrogen-bond acceptors (Lipinski definition) is 3. The van der Waals surface area contributed by atoms with Crippen molar-refractivity contribution < 1.29 is 4.79 Å². The molecular formula is C18H13Cl2N3O. The van der Waals surface area contributed by atoms with E-state index in [0.29, 0.717) is 27.1 Å². The van der Waals surface area contributed by atoms with Crippen LogP contribution in [0.1, 0.15) is 10.4 Å². The summed E-state index contributed by atoms with van der Waals surface area (Å²) in [6.45, 7) is 0. The van der Waals surface area contributed by atoms with Gasteiger partial charge >= 0.3 is 0 Å². The number of hydrogen-bond donors (Lipinski definition) is 2. The van der Waals surface area contributed by atoms with Crippen LogP contribution in [0.25, 0.3) is 0 Å². The van der Waals surface area contributed by atoms with Crippen molar-refractivity contribution in [2.45, 2.75) is 0 Å². The Morgan fingerprint density at radius 3 is 2.25 bits per heavy atom. The highest BCUT2D eigenvalue weighted by Gasteiger charge is 2.08. The van der Waals surface area contributed by atoms with Gasteiger partial charge in [-0.2, -0.15) is 0 Å². The van der Waals surface area contributed by atoms with Gasteiger partial charge in [0.05, 0.1) is 0 Å². The van der Waals surface area contributed by atoms with Gasteiger partial charge in [-0.1, -0.05) is 35.3 Å². The van der Waals surface area contributed by atoms with Crippen molar-refractivity contribution in [1.82, 2.24) is 4.98 Å². The Balaban J connectivity index is 1.76. The molecule has 2 N–H and O–H groups in total. The van der Waals surface area contributed by atoms with Gasteiger partial charge in [-0.05, 0) is 48.5 Å². The van der Waals surface area contributed by atoms with Crippen LogP contribution in [0.5, 0.6) is 0 Å². The summed E-state index contributed by atoms with van der Waals surface area (Å²) in [4.78, 5) is 16.6. The molecule has 0 spiro atoms. The molecule has 6 heteroatoms. The summed E-state index contributed by atoms with van der Waals surface area (Å²) in [5.74, 6) is 0.310. The molecule has 0 bridgehead atoms. The number of halogens is 2. The molecule has 1 aromatic heterocycles. The summed E-state index contributed by atoms with van der Waals surface area (Å²) in [6, 6.07) is 17.6. The van der Waals surface area contributed by atoms with Crippen molar-refractivity contribution in [3.8, 4) is 0 Å². The van der Waals surface area contributed by atoms with E-state index in [9.17, 15) is 4.79 Å². The van der Waals surface area contributed by atoms with Crippen molar-refractivity contribution in [1.29, 1.82) is 0 Å². The molecule has 0 saturated heterocycles. The van der Waals surface area contributed by atoms with Crippen LogP contribution in [0.2, 0.25) is 10.0 Å². The molecule has 1 amide bonds. The van der Waals surface area contributed by atoms with Gasteiger partial charge in [-0.3, -0.25) is 4.79 Å². The van der Waals surface area contributed by atoms with Crippen LogP contribution in [0.4, 0.5) is 17.2 Å². The smallest absolute Gasteiger partial charge is 0.255 e. The van der Waals surface area contributed by atoms with Gasteiger partial charge in [0.1, 0.15) is 5.82 Å². The molecular weight excluding hydrogens is 345 g/mol. The highest BCUT2D eigenvalue weighted by Crippen LogP contribution is 2.20. The zero-order valence-electron chi connectivity index (χ0n) is 12.5. The minimum absolute atomic E-state index is 0.242. The molecule has 120 valence electrons. The van der Waals surface area contributed by atoms with Crippen LogP contribution in [0, 0.1) is 0 Å². The van der Waals surface area contributed by atoms with Gasteiger partial charge in [-0.25, -0.2) is 4.98 Å². The lowest BCUT2D eigenvalue weighted by Gasteiger charge is -2.09. The monoisotopic (exact) mass is 357 g/mol. The lowest BCUT2D eigenvalue weighted by molar-refractivity contribution is 0.102. The van der Waals surface area contributed by atoms with Crippen LogP contribution >= 0.6 is 23.2 Å². The lowest BCUT2D eigenvalue weighted by atomic mass is 10.2. The SMILES string of the molecule is O=C(Nc1cccc(Cl)c1)c1ccnc(Nc2cccc(Cl)c2)c1. The number of rotatable bonds is 4. The Hall–Kier alpha value is -2.56. The highest BCUT2D eigenvalue weighted by atomic mass is 35.5. The van der Waals surface area contributed by atoms with Crippen molar-refractivity contribution >= 4 is 46.3 Å². The number of pyridine rings is 1. The van der Waals surface area contributed by atoms with Crippen LogP contribution in [-0.4, -0.2) is 10.9 Å². The van der Waals surface area contributed by atoms with Gasteiger partial charge in [0, 0.05) is 33.2 Å². The molecule has 1 heterocycles. The number of carbonyl (C=O) groups is 1. The van der Waals surface area contributed by atoms with Gasteiger partial charge in [0.25, 0.3) is 5.91 Å². The van der Waals surface area contributed by atoms with E-state index in [1.54, 1.807) is 54.7 Å². The van der Waals surface area contributed by atoms with Crippen molar-refractivity contribution in [2.75, 3.05) is 10.6 Å². The third-order valence-electron chi connectivity index (χ3n) is 3.20. The Morgan fingerprint density at radius 1 is 0.875 bits per heavy atom. The van der Waals surface area contributed by atoms with Gasteiger partial charge < -0.3 is 10.6 Å². The second-order valence-electron chi connectivity index (χ2n) is 5.03. The number of nitrogens with zero attached hydrogens (tertiary/aromatic N) is 1. The molecule has 0 fully saturated rings. The van der Waals surface area contributed by atoms with Gasteiger partial charge in [0.2, 0.25) is 0 Å². The summed E-state index contributed by atoms with van der Waals surface area (Å²) in [5, 5.41) is 7.10. The first kappa shape index (κ1) is 16.3. The number of anilines is 3. The van der Waals surface area contributed by atoms with Crippen LogP contribution in [0.15, 0.2) is 66.9 Å². The molecule has 0 saturated carbocycles. The molecule has 24 heavy (non-hydrogen) atoms. The minimum Gasteiger partial charge on any atom is -0.340 e. The predicted molar refractivity (Wildman–Crippen MR) is 98.4 cm³/mol. The second kappa shape index (κ2) is 7.34. The second-order valence-corrected chi connectivity index (χ2v) is 5.90. The molecule has 3 aromatic rings. The Labute approximate surface area is 149 Å². The first-order valence-electron chi connectivity index (χ1n) is 7.16. The Morgan fingerprint density at radius 2 is 1.54 bits per heavy atom. The van der Waals surface area contributed by atoms with E-state index >= 15 is 0 Å². The summed E-state index contributed by atoms with van der Waals surface area (Å²) in [7, 11) is 0. The van der Waals surface area contributed by atoms with Gasteiger partial charge in [-0.15, -0.1) is 0 Å². The van der Waals surface area contributed by atoms with Crippen molar-refractivity contribution in [3.63, 3.8) is 0 Å². The Bertz CT molecular complexity index is 883. The van der Waals surface area contributed by atoms with E-state index in [-0.39, 0.29) is 5.91 Å². The zero-order chi connectivity index (χ0) is 16.9.